The molecular weight excluding hydrogens is 274 g/mol. The summed E-state index contributed by atoms with van der Waals surface area (Å²) in [5.74, 6) is 1.32. The van der Waals surface area contributed by atoms with Crippen molar-refractivity contribution < 1.29 is 9.32 Å². The first kappa shape index (κ1) is 13.3. The zero-order chi connectivity index (χ0) is 13.8. The predicted molar refractivity (Wildman–Crippen MR) is 76.0 cm³/mol. The van der Waals surface area contributed by atoms with Gasteiger partial charge in [0.15, 0.2) is 5.82 Å². The molecule has 1 N–H and O–H groups in total. The Morgan fingerprint density at radius 3 is 3.00 bits per heavy atom. The van der Waals surface area contributed by atoms with E-state index in [4.69, 9.17) is 4.52 Å². The number of carbonyl (C=O) groups is 1. The molecule has 1 fully saturated rings. The molecule has 2 heterocycles. The molecule has 3 rings (SSSR count). The van der Waals surface area contributed by atoms with Crippen molar-refractivity contribution in [2.45, 2.75) is 38.6 Å². The lowest BCUT2D eigenvalue weighted by molar-refractivity contribution is -0.126. The van der Waals surface area contributed by atoms with Crippen LogP contribution in [0.3, 0.4) is 0 Å². The first-order chi connectivity index (χ1) is 9.83. The Morgan fingerprint density at radius 1 is 1.40 bits per heavy atom. The fourth-order valence-electron chi connectivity index (χ4n) is 2.50. The first-order valence-corrected chi connectivity index (χ1v) is 7.85. The number of nitrogens with zero attached hydrogens (tertiary/aromatic N) is 2. The fourth-order valence-corrected chi connectivity index (χ4v) is 3.15. The van der Waals surface area contributed by atoms with Gasteiger partial charge in [-0.2, -0.15) is 4.98 Å². The zero-order valence-electron chi connectivity index (χ0n) is 11.2. The molecule has 5 nitrogen and oxygen atoms in total. The summed E-state index contributed by atoms with van der Waals surface area (Å²) in [6.07, 6.45) is 5.56. The van der Waals surface area contributed by atoms with Gasteiger partial charge in [-0.15, -0.1) is 11.3 Å². The number of aromatic nitrogens is 2. The summed E-state index contributed by atoms with van der Waals surface area (Å²) < 4.78 is 5.18. The molecule has 106 valence electrons. The molecule has 0 atom stereocenters. The van der Waals surface area contributed by atoms with Gasteiger partial charge in [-0.25, -0.2) is 0 Å². The summed E-state index contributed by atoms with van der Waals surface area (Å²) in [7, 11) is 0. The molecule has 1 saturated carbocycles. The van der Waals surface area contributed by atoms with Crippen molar-refractivity contribution in [3.63, 3.8) is 0 Å². The van der Waals surface area contributed by atoms with Crippen molar-refractivity contribution in [1.29, 1.82) is 0 Å². The van der Waals surface area contributed by atoms with Crippen LogP contribution in [0.25, 0.3) is 10.8 Å². The van der Waals surface area contributed by atoms with Crippen LogP contribution in [0.5, 0.6) is 0 Å². The molecule has 0 spiro atoms. The van der Waals surface area contributed by atoms with Crippen LogP contribution in [-0.2, 0) is 11.3 Å². The van der Waals surface area contributed by atoms with E-state index in [2.05, 4.69) is 15.5 Å². The molecule has 0 saturated heterocycles. The summed E-state index contributed by atoms with van der Waals surface area (Å²) in [6, 6.07) is 3.87. The fraction of sp³-hybridized carbons (Fsp3) is 0.500. The molecule has 0 aliphatic heterocycles. The van der Waals surface area contributed by atoms with Crippen LogP contribution in [0.2, 0.25) is 0 Å². The average Bonchev–Trinajstić information content (AvgIpc) is 3.16. The number of hydrogen-bond acceptors (Lipinski definition) is 5. The van der Waals surface area contributed by atoms with Crippen molar-refractivity contribution in [2.24, 2.45) is 5.92 Å². The quantitative estimate of drug-likeness (QED) is 0.940. The number of rotatable bonds is 4. The summed E-state index contributed by atoms with van der Waals surface area (Å²) in [5.41, 5.74) is 0. The zero-order valence-corrected chi connectivity index (χ0v) is 12.0. The van der Waals surface area contributed by atoms with Crippen molar-refractivity contribution in [3.05, 3.63) is 23.3 Å². The van der Waals surface area contributed by atoms with Gasteiger partial charge >= 0.3 is 0 Å². The van der Waals surface area contributed by atoms with Crippen molar-refractivity contribution in [2.75, 3.05) is 0 Å². The van der Waals surface area contributed by atoms with Gasteiger partial charge in [0.05, 0.1) is 11.4 Å². The molecule has 2 aromatic rings. The van der Waals surface area contributed by atoms with E-state index in [1.165, 1.54) is 6.42 Å². The number of amides is 1. The number of carbonyl (C=O) groups excluding carboxylic acids is 1. The van der Waals surface area contributed by atoms with Crippen LogP contribution < -0.4 is 5.32 Å². The van der Waals surface area contributed by atoms with E-state index in [0.717, 1.165) is 30.6 Å². The van der Waals surface area contributed by atoms with Gasteiger partial charge in [0, 0.05) is 5.92 Å². The minimum absolute atomic E-state index is 0.118. The Morgan fingerprint density at radius 2 is 2.25 bits per heavy atom. The highest BCUT2D eigenvalue weighted by Gasteiger charge is 2.21. The van der Waals surface area contributed by atoms with Crippen LogP contribution in [0.15, 0.2) is 22.0 Å². The molecule has 20 heavy (non-hydrogen) atoms. The maximum Gasteiger partial charge on any atom is 0.268 e. The van der Waals surface area contributed by atoms with Gasteiger partial charge in [-0.3, -0.25) is 4.79 Å². The van der Waals surface area contributed by atoms with E-state index in [0.29, 0.717) is 18.3 Å². The SMILES string of the molecule is O=C(NCc1noc(-c2cccs2)n1)C1CCCCC1. The molecule has 0 aromatic carbocycles. The minimum atomic E-state index is 0.118. The third kappa shape index (κ3) is 3.07. The standard InChI is InChI=1S/C14H17N3O2S/c18-13(10-5-2-1-3-6-10)15-9-12-16-14(19-17-12)11-7-4-8-20-11/h4,7-8,10H,1-3,5-6,9H2,(H,15,18). The summed E-state index contributed by atoms with van der Waals surface area (Å²) in [5, 5.41) is 8.76. The van der Waals surface area contributed by atoms with E-state index in [1.54, 1.807) is 11.3 Å². The summed E-state index contributed by atoms with van der Waals surface area (Å²) in [6.45, 7) is 0.338. The van der Waals surface area contributed by atoms with Crippen LogP contribution in [0.1, 0.15) is 37.9 Å². The molecule has 0 unspecified atom stereocenters. The number of nitrogens with one attached hydrogen (secondary N) is 1. The Balaban J connectivity index is 1.54. The van der Waals surface area contributed by atoms with Gasteiger partial charge in [0.2, 0.25) is 5.91 Å². The van der Waals surface area contributed by atoms with Crippen LogP contribution >= 0.6 is 11.3 Å². The Bertz CT molecular complexity index is 559. The molecule has 6 heteroatoms. The van der Waals surface area contributed by atoms with Gasteiger partial charge in [0.25, 0.3) is 5.89 Å². The molecule has 0 radical (unpaired) electrons. The number of hydrogen-bond donors (Lipinski definition) is 1. The molecule has 1 amide bonds. The van der Waals surface area contributed by atoms with Gasteiger partial charge < -0.3 is 9.84 Å². The van der Waals surface area contributed by atoms with Crippen molar-refractivity contribution >= 4 is 17.2 Å². The van der Waals surface area contributed by atoms with E-state index >= 15 is 0 Å². The topological polar surface area (TPSA) is 68.0 Å². The average molecular weight is 291 g/mol. The van der Waals surface area contributed by atoms with Gasteiger partial charge in [-0.05, 0) is 24.3 Å². The van der Waals surface area contributed by atoms with Crippen LogP contribution in [0.4, 0.5) is 0 Å². The van der Waals surface area contributed by atoms with Gasteiger partial charge in [0.1, 0.15) is 0 Å². The Labute approximate surface area is 121 Å². The smallest absolute Gasteiger partial charge is 0.268 e. The maximum atomic E-state index is 12.0. The molecular formula is C14H17N3O2S. The van der Waals surface area contributed by atoms with E-state index < -0.39 is 0 Å². The largest absolute Gasteiger partial charge is 0.348 e. The molecule has 1 aliphatic carbocycles. The summed E-state index contributed by atoms with van der Waals surface area (Å²) in [4.78, 5) is 17.2. The molecule has 0 bridgehead atoms. The van der Waals surface area contributed by atoms with Crippen molar-refractivity contribution in [3.8, 4) is 10.8 Å². The first-order valence-electron chi connectivity index (χ1n) is 6.97. The van der Waals surface area contributed by atoms with Crippen LogP contribution in [0, 0.1) is 5.92 Å². The molecule has 1 aliphatic rings. The normalized spacial score (nSPS) is 16.2. The third-order valence-corrected chi connectivity index (χ3v) is 4.45. The lowest BCUT2D eigenvalue weighted by Gasteiger charge is -2.20. The van der Waals surface area contributed by atoms with E-state index in [9.17, 15) is 4.79 Å². The Hall–Kier alpha value is -1.69. The maximum absolute atomic E-state index is 12.0. The lowest BCUT2D eigenvalue weighted by atomic mass is 9.89. The minimum Gasteiger partial charge on any atom is -0.348 e. The third-order valence-electron chi connectivity index (χ3n) is 3.60. The Kier molecular flexibility index (Phi) is 4.11. The second-order valence-corrected chi connectivity index (χ2v) is 5.99. The van der Waals surface area contributed by atoms with Crippen molar-refractivity contribution in [1.82, 2.24) is 15.5 Å². The second kappa shape index (κ2) is 6.17. The predicted octanol–water partition coefficient (Wildman–Crippen LogP) is 2.99. The van der Waals surface area contributed by atoms with Gasteiger partial charge in [-0.1, -0.05) is 30.5 Å². The van der Waals surface area contributed by atoms with Crippen LogP contribution in [-0.4, -0.2) is 16.0 Å². The second-order valence-electron chi connectivity index (χ2n) is 5.05. The monoisotopic (exact) mass is 291 g/mol. The van der Waals surface area contributed by atoms with E-state index in [-0.39, 0.29) is 11.8 Å². The summed E-state index contributed by atoms with van der Waals surface area (Å²) >= 11 is 1.55. The highest BCUT2D eigenvalue weighted by molar-refractivity contribution is 7.13. The number of thiophene rings is 1. The molecule has 2 aromatic heterocycles. The van der Waals surface area contributed by atoms with E-state index in [1.807, 2.05) is 17.5 Å². The highest BCUT2D eigenvalue weighted by Crippen LogP contribution is 2.24. The highest BCUT2D eigenvalue weighted by atomic mass is 32.1. The lowest BCUT2D eigenvalue weighted by Crippen LogP contribution is -2.31.